The number of aromatic nitrogens is 2. The van der Waals surface area contributed by atoms with Crippen molar-refractivity contribution in [3.05, 3.63) is 35.2 Å². The minimum atomic E-state index is 0.389. The topological polar surface area (TPSA) is 93.8 Å². The Hall–Kier alpha value is -2.16. The van der Waals surface area contributed by atoms with Crippen molar-refractivity contribution in [2.75, 3.05) is 40.0 Å². The summed E-state index contributed by atoms with van der Waals surface area (Å²) in [6.45, 7) is 4.43. The fraction of sp³-hybridized carbons (Fsp3) is 0.550. The van der Waals surface area contributed by atoms with E-state index in [9.17, 15) is 0 Å². The molecule has 0 radical (unpaired) electrons. The van der Waals surface area contributed by atoms with Crippen LogP contribution in [0.5, 0.6) is 0 Å². The van der Waals surface area contributed by atoms with Crippen molar-refractivity contribution >= 4 is 17.6 Å². The van der Waals surface area contributed by atoms with E-state index < -0.39 is 0 Å². The first kappa shape index (κ1) is 21.5. The van der Waals surface area contributed by atoms with Crippen molar-refractivity contribution in [2.24, 2.45) is 10.9 Å². The molecule has 9 heteroatoms. The number of hydrogen-bond acceptors (Lipinski definition) is 6. The van der Waals surface area contributed by atoms with Crippen LogP contribution in [0.2, 0.25) is 5.02 Å². The van der Waals surface area contributed by atoms with Crippen LogP contribution in [0.15, 0.2) is 33.8 Å². The number of rotatable bonds is 9. The summed E-state index contributed by atoms with van der Waals surface area (Å²) in [4.78, 5) is 8.59. The highest BCUT2D eigenvalue weighted by Gasteiger charge is 2.13. The molecule has 1 fully saturated rings. The minimum absolute atomic E-state index is 0.389. The number of halogens is 1. The molecule has 0 amide bonds. The molecule has 2 N–H and O–H groups in total. The lowest BCUT2D eigenvalue weighted by Gasteiger charge is -2.21. The van der Waals surface area contributed by atoms with Crippen LogP contribution >= 0.6 is 11.6 Å². The summed E-state index contributed by atoms with van der Waals surface area (Å²) in [6, 6.07) is 7.30. The molecular formula is C20H28ClN5O3. The molecule has 1 aliphatic heterocycles. The third kappa shape index (κ3) is 7.30. The van der Waals surface area contributed by atoms with Crippen LogP contribution in [-0.2, 0) is 16.0 Å². The second kappa shape index (κ2) is 11.7. The highest BCUT2D eigenvalue weighted by atomic mass is 35.5. The Morgan fingerprint density at radius 3 is 2.79 bits per heavy atom. The number of nitrogens with zero attached hydrogens (tertiary/aromatic N) is 3. The minimum Gasteiger partial charge on any atom is -0.381 e. The average molecular weight is 422 g/mol. The molecule has 1 aliphatic rings. The van der Waals surface area contributed by atoms with Gasteiger partial charge in [0.2, 0.25) is 11.7 Å². The number of nitrogens with one attached hydrogen (secondary N) is 2. The van der Waals surface area contributed by atoms with Gasteiger partial charge in [-0.25, -0.2) is 0 Å². The maximum absolute atomic E-state index is 5.90. The van der Waals surface area contributed by atoms with Gasteiger partial charge in [0.15, 0.2) is 5.96 Å². The van der Waals surface area contributed by atoms with Gasteiger partial charge in [-0.05, 0) is 49.4 Å². The largest absolute Gasteiger partial charge is 0.381 e. The number of benzene rings is 1. The van der Waals surface area contributed by atoms with E-state index in [1.165, 1.54) is 0 Å². The standard InChI is InChI=1S/C20H28ClN5O3/c1-22-20(23-9-2-10-28-14-15-7-11-27-12-8-15)24-13-18-25-19(26-29-18)16-3-5-17(21)6-4-16/h3-6,15H,2,7-14H2,1H3,(H2,22,23,24). The molecule has 0 saturated carbocycles. The second-order valence-corrected chi connectivity index (χ2v) is 7.29. The summed E-state index contributed by atoms with van der Waals surface area (Å²) in [7, 11) is 1.73. The van der Waals surface area contributed by atoms with Crippen LogP contribution in [0.4, 0.5) is 0 Å². The van der Waals surface area contributed by atoms with E-state index >= 15 is 0 Å². The molecule has 1 saturated heterocycles. The van der Waals surface area contributed by atoms with Crippen molar-refractivity contribution in [1.29, 1.82) is 0 Å². The summed E-state index contributed by atoms with van der Waals surface area (Å²) in [5.74, 6) is 2.33. The van der Waals surface area contributed by atoms with Gasteiger partial charge in [0.25, 0.3) is 0 Å². The molecule has 29 heavy (non-hydrogen) atoms. The second-order valence-electron chi connectivity index (χ2n) is 6.86. The van der Waals surface area contributed by atoms with Gasteiger partial charge >= 0.3 is 0 Å². The summed E-state index contributed by atoms with van der Waals surface area (Å²) >= 11 is 5.90. The zero-order valence-electron chi connectivity index (χ0n) is 16.7. The first-order valence-electron chi connectivity index (χ1n) is 9.93. The summed E-state index contributed by atoms with van der Waals surface area (Å²) in [6.07, 6.45) is 3.11. The molecule has 1 aromatic carbocycles. The van der Waals surface area contributed by atoms with Gasteiger partial charge in [0.1, 0.15) is 0 Å². The van der Waals surface area contributed by atoms with E-state index in [1.807, 2.05) is 12.1 Å². The van der Waals surface area contributed by atoms with Crippen LogP contribution in [0, 0.1) is 5.92 Å². The number of ether oxygens (including phenoxy) is 2. The lowest BCUT2D eigenvalue weighted by molar-refractivity contribution is 0.0203. The fourth-order valence-corrected chi connectivity index (χ4v) is 3.09. The lowest BCUT2D eigenvalue weighted by atomic mass is 10.0. The third-order valence-electron chi connectivity index (χ3n) is 4.65. The van der Waals surface area contributed by atoms with Gasteiger partial charge in [-0.1, -0.05) is 16.8 Å². The Bertz CT molecular complexity index is 760. The van der Waals surface area contributed by atoms with Gasteiger partial charge in [-0.15, -0.1) is 0 Å². The van der Waals surface area contributed by atoms with Crippen molar-refractivity contribution in [3.8, 4) is 11.4 Å². The maximum atomic E-state index is 5.90. The summed E-state index contributed by atoms with van der Waals surface area (Å²) in [5, 5.41) is 11.1. The van der Waals surface area contributed by atoms with Gasteiger partial charge in [-0.2, -0.15) is 4.98 Å². The molecule has 8 nitrogen and oxygen atoms in total. The van der Waals surface area contributed by atoms with E-state index in [-0.39, 0.29) is 0 Å². The smallest absolute Gasteiger partial charge is 0.246 e. The maximum Gasteiger partial charge on any atom is 0.246 e. The Kier molecular flexibility index (Phi) is 8.73. The summed E-state index contributed by atoms with van der Waals surface area (Å²) < 4.78 is 16.4. The van der Waals surface area contributed by atoms with Crippen LogP contribution in [-0.4, -0.2) is 56.1 Å². The average Bonchev–Trinajstić information content (AvgIpc) is 3.23. The van der Waals surface area contributed by atoms with Crippen LogP contribution in [0.1, 0.15) is 25.2 Å². The normalized spacial score (nSPS) is 15.4. The van der Waals surface area contributed by atoms with Gasteiger partial charge in [0, 0.05) is 50.6 Å². The third-order valence-corrected chi connectivity index (χ3v) is 4.91. The van der Waals surface area contributed by atoms with Crippen LogP contribution in [0.25, 0.3) is 11.4 Å². The zero-order valence-corrected chi connectivity index (χ0v) is 17.5. The number of hydrogen-bond donors (Lipinski definition) is 2. The molecule has 0 spiro atoms. The van der Waals surface area contributed by atoms with Crippen LogP contribution < -0.4 is 10.6 Å². The van der Waals surface area contributed by atoms with Crippen molar-refractivity contribution in [3.63, 3.8) is 0 Å². The molecule has 158 valence electrons. The molecule has 0 aliphatic carbocycles. The predicted molar refractivity (Wildman–Crippen MR) is 112 cm³/mol. The summed E-state index contributed by atoms with van der Waals surface area (Å²) in [5.41, 5.74) is 0.854. The van der Waals surface area contributed by atoms with Crippen molar-refractivity contribution < 1.29 is 14.0 Å². The Balaban J connectivity index is 1.31. The number of guanidine groups is 1. The SMILES string of the molecule is CN=C(NCCCOCC1CCOCC1)NCc1nc(-c2ccc(Cl)cc2)no1. The molecule has 2 aromatic rings. The van der Waals surface area contributed by atoms with E-state index in [0.29, 0.717) is 35.2 Å². The first-order valence-corrected chi connectivity index (χ1v) is 10.3. The van der Waals surface area contributed by atoms with E-state index in [2.05, 4.69) is 25.8 Å². The fourth-order valence-electron chi connectivity index (χ4n) is 2.97. The monoisotopic (exact) mass is 421 g/mol. The van der Waals surface area contributed by atoms with Crippen LogP contribution in [0.3, 0.4) is 0 Å². The van der Waals surface area contributed by atoms with Crippen molar-refractivity contribution in [2.45, 2.75) is 25.8 Å². The molecular weight excluding hydrogens is 394 g/mol. The molecule has 0 atom stereocenters. The van der Waals surface area contributed by atoms with Gasteiger partial charge < -0.3 is 24.6 Å². The quantitative estimate of drug-likeness (QED) is 0.365. The predicted octanol–water partition coefficient (Wildman–Crippen LogP) is 2.89. The molecule has 1 aromatic heterocycles. The zero-order chi connectivity index (χ0) is 20.3. The lowest BCUT2D eigenvalue weighted by Crippen LogP contribution is -2.37. The van der Waals surface area contributed by atoms with E-state index in [1.54, 1.807) is 19.2 Å². The Morgan fingerprint density at radius 2 is 2.03 bits per heavy atom. The molecule has 3 rings (SSSR count). The highest BCUT2D eigenvalue weighted by Crippen LogP contribution is 2.18. The molecule has 0 unspecified atom stereocenters. The van der Waals surface area contributed by atoms with Crippen molar-refractivity contribution in [1.82, 2.24) is 20.8 Å². The molecule has 0 bridgehead atoms. The number of aliphatic imine (C=N–C) groups is 1. The van der Waals surface area contributed by atoms with E-state index in [4.69, 9.17) is 25.6 Å². The van der Waals surface area contributed by atoms with E-state index in [0.717, 1.165) is 57.8 Å². The Labute approximate surface area is 176 Å². The van der Waals surface area contributed by atoms with Gasteiger partial charge in [-0.3, -0.25) is 4.99 Å². The first-order chi connectivity index (χ1) is 14.2. The van der Waals surface area contributed by atoms with Gasteiger partial charge in [0.05, 0.1) is 6.54 Å². The molecule has 2 heterocycles. The highest BCUT2D eigenvalue weighted by molar-refractivity contribution is 6.30. The Morgan fingerprint density at radius 1 is 1.24 bits per heavy atom.